The molecule has 0 aliphatic heterocycles. The van der Waals surface area contributed by atoms with Gasteiger partial charge in [0.25, 0.3) is 0 Å². The Hall–Kier alpha value is -0.925. The van der Waals surface area contributed by atoms with Crippen molar-refractivity contribution in [1.82, 2.24) is 4.98 Å². The Labute approximate surface area is 159 Å². The summed E-state index contributed by atoms with van der Waals surface area (Å²) < 4.78 is 29.4. The van der Waals surface area contributed by atoms with E-state index in [1.165, 1.54) is 11.3 Å². The maximum Gasteiger partial charge on any atom is 0.408 e. The molecular weight excluding hydrogens is 378 g/mol. The summed E-state index contributed by atoms with van der Waals surface area (Å²) in [5.41, 5.74) is -1.83. The molecule has 1 rings (SSSR count). The second-order valence-corrected chi connectivity index (χ2v) is 9.92. The van der Waals surface area contributed by atoms with Gasteiger partial charge in [-0.15, -0.1) is 11.3 Å². The van der Waals surface area contributed by atoms with E-state index in [0.717, 1.165) is 0 Å². The number of aromatic nitrogens is 1. The molecule has 0 bridgehead atoms. The number of hydrogen-bond donors (Lipinski definition) is 2. The molecular formula is C15H28BN2O6PS. The van der Waals surface area contributed by atoms with E-state index in [-0.39, 0.29) is 19.6 Å². The molecule has 0 radical (unpaired) electrons. The summed E-state index contributed by atoms with van der Waals surface area (Å²) in [6, 6.07) is 0. The molecule has 1 aromatic heterocycles. The largest absolute Gasteiger partial charge is 0.459 e. The molecule has 0 aliphatic carbocycles. The van der Waals surface area contributed by atoms with Crippen molar-refractivity contribution >= 4 is 37.1 Å². The Morgan fingerprint density at radius 3 is 2.42 bits per heavy atom. The quantitative estimate of drug-likeness (QED) is 0.347. The summed E-state index contributed by atoms with van der Waals surface area (Å²) >= 11 is 1.25. The number of nitrogens with zero attached hydrogens (tertiary/aromatic N) is 1. The molecule has 148 valence electrons. The Balaban J connectivity index is 3.12. The average Bonchev–Trinajstić information content (AvgIpc) is 2.89. The lowest BCUT2D eigenvalue weighted by molar-refractivity contribution is -0.154. The van der Waals surface area contributed by atoms with Gasteiger partial charge >= 0.3 is 20.6 Å². The van der Waals surface area contributed by atoms with E-state index >= 15 is 0 Å². The zero-order valence-electron chi connectivity index (χ0n) is 16.1. The van der Waals surface area contributed by atoms with E-state index in [2.05, 4.69) is 10.2 Å². The lowest BCUT2D eigenvalue weighted by Gasteiger charge is -2.28. The number of thiazole rings is 1. The van der Waals surface area contributed by atoms with Crippen LogP contribution in [0, 0.1) is 0 Å². The molecule has 11 heteroatoms. The minimum absolute atomic E-state index is 0.103. The molecule has 0 aromatic carbocycles. The van der Waals surface area contributed by atoms with Gasteiger partial charge in [-0.1, -0.05) is 0 Å². The molecule has 1 atom stereocenters. The second kappa shape index (κ2) is 9.85. The summed E-state index contributed by atoms with van der Waals surface area (Å²) in [6.45, 7) is 10.5. The van der Waals surface area contributed by atoms with Gasteiger partial charge in [-0.25, -0.2) is 4.98 Å². The van der Waals surface area contributed by atoms with Crippen LogP contribution in [-0.2, 0) is 29.6 Å². The molecule has 1 aromatic rings. The first kappa shape index (κ1) is 23.1. The highest BCUT2D eigenvalue weighted by atomic mass is 32.1. The van der Waals surface area contributed by atoms with Crippen LogP contribution in [0.1, 0.15) is 39.5 Å². The summed E-state index contributed by atoms with van der Waals surface area (Å²) in [5, 5.41) is 12.6. The average molecular weight is 406 g/mol. The maximum absolute atomic E-state index is 13.2. The van der Waals surface area contributed by atoms with Crippen LogP contribution in [0.25, 0.3) is 0 Å². The maximum atomic E-state index is 13.2. The van der Waals surface area contributed by atoms with Crippen molar-refractivity contribution in [3.05, 3.63) is 11.1 Å². The highest BCUT2D eigenvalue weighted by Crippen LogP contribution is 2.55. The van der Waals surface area contributed by atoms with Crippen LogP contribution in [0.5, 0.6) is 0 Å². The fourth-order valence-corrected chi connectivity index (χ4v) is 5.06. The first-order chi connectivity index (χ1) is 12.0. The second-order valence-electron chi connectivity index (χ2n) is 6.58. The van der Waals surface area contributed by atoms with E-state index in [0.29, 0.717) is 10.0 Å². The molecule has 0 amide bonds. The fourth-order valence-electron chi connectivity index (χ4n) is 2.11. The zero-order chi connectivity index (χ0) is 20.0. The van der Waals surface area contributed by atoms with Crippen molar-refractivity contribution < 1.29 is 28.2 Å². The molecule has 2 N–H and O–H groups in total. The Kier molecular flexibility index (Phi) is 8.76. The van der Waals surface area contributed by atoms with Crippen molar-refractivity contribution in [1.29, 1.82) is 0 Å². The Morgan fingerprint density at radius 1 is 1.38 bits per heavy atom. The monoisotopic (exact) mass is 406 g/mol. The normalized spacial score (nSPS) is 13.3. The van der Waals surface area contributed by atoms with Crippen molar-refractivity contribution in [3.8, 4) is 0 Å². The minimum Gasteiger partial charge on any atom is -0.459 e. The fraction of sp³-hybridized carbons (Fsp3) is 0.733. The van der Waals surface area contributed by atoms with Gasteiger partial charge in [0.1, 0.15) is 5.60 Å². The molecule has 0 aliphatic rings. The van der Waals surface area contributed by atoms with Gasteiger partial charge in [-0.05, 0) is 41.4 Å². The summed E-state index contributed by atoms with van der Waals surface area (Å²) in [5.74, 6) is -0.638. The van der Waals surface area contributed by atoms with Gasteiger partial charge in [-0.3, -0.25) is 9.36 Å². The number of carbonyl (C=O) groups excluding carboxylic acids is 1. The van der Waals surface area contributed by atoms with Gasteiger partial charge in [0, 0.05) is 17.5 Å². The lowest BCUT2D eigenvalue weighted by Crippen LogP contribution is -2.34. The first-order valence-electron chi connectivity index (χ1n) is 8.51. The highest BCUT2D eigenvalue weighted by molar-refractivity contribution is 7.55. The van der Waals surface area contributed by atoms with Crippen LogP contribution < -0.4 is 5.23 Å². The summed E-state index contributed by atoms with van der Waals surface area (Å²) in [6.07, 6.45) is 1.67. The van der Waals surface area contributed by atoms with Crippen molar-refractivity contribution in [3.63, 3.8) is 0 Å². The van der Waals surface area contributed by atoms with Gasteiger partial charge in [0.05, 0.1) is 13.2 Å². The van der Waals surface area contributed by atoms with E-state index in [4.69, 9.17) is 13.8 Å². The number of rotatable bonds is 10. The molecule has 26 heavy (non-hydrogen) atoms. The minimum atomic E-state index is -3.72. The smallest absolute Gasteiger partial charge is 0.408 e. The number of ether oxygens (including phenoxy) is 1. The summed E-state index contributed by atoms with van der Waals surface area (Å²) in [7, 11) is -4.48. The molecule has 1 unspecified atom stereocenters. The number of esters is 1. The lowest BCUT2D eigenvalue weighted by atomic mass is 9.90. The van der Waals surface area contributed by atoms with Crippen LogP contribution in [0.4, 0.5) is 5.13 Å². The van der Waals surface area contributed by atoms with Gasteiger partial charge < -0.3 is 24.0 Å². The molecule has 1 heterocycles. The highest BCUT2D eigenvalue weighted by Gasteiger charge is 2.43. The van der Waals surface area contributed by atoms with Gasteiger partial charge in [0.15, 0.2) is 10.8 Å². The first-order valence-corrected chi connectivity index (χ1v) is 10.9. The van der Waals surface area contributed by atoms with Crippen LogP contribution in [-0.4, -0.2) is 47.5 Å². The van der Waals surface area contributed by atoms with Gasteiger partial charge in [0.2, 0.25) is 0 Å². The van der Waals surface area contributed by atoms with Crippen LogP contribution in [0.2, 0.25) is 6.82 Å². The van der Waals surface area contributed by atoms with Crippen LogP contribution in [0.15, 0.2) is 6.20 Å². The molecule has 8 nitrogen and oxygen atoms in total. The van der Waals surface area contributed by atoms with Crippen molar-refractivity contribution in [2.45, 2.75) is 59.1 Å². The van der Waals surface area contributed by atoms with E-state index in [9.17, 15) is 14.4 Å². The summed E-state index contributed by atoms with van der Waals surface area (Å²) in [4.78, 5) is 17.6. The van der Waals surface area contributed by atoms with E-state index in [1.807, 2.05) is 0 Å². The topological polar surface area (TPSA) is 107 Å². The third kappa shape index (κ3) is 7.36. The van der Waals surface area contributed by atoms with Crippen LogP contribution in [0.3, 0.4) is 0 Å². The van der Waals surface area contributed by atoms with Crippen LogP contribution >= 0.6 is 18.9 Å². The van der Waals surface area contributed by atoms with E-state index in [1.54, 1.807) is 47.6 Å². The zero-order valence-corrected chi connectivity index (χ0v) is 17.9. The van der Waals surface area contributed by atoms with Crippen molar-refractivity contribution in [2.24, 2.45) is 0 Å². The third-order valence-electron chi connectivity index (χ3n) is 2.96. The molecule has 0 saturated heterocycles. The molecule has 0 fully saturated rings. The van der Waals surface area contributed by atoms with Crippen molar-refractivity contribution in [2.75, 3.05) is 18.4 Å². The number of hydrogen-bond acceptors (Lipinski definition) is 9. The molecule has 0 spiro atoms. The number of carbonyl (C=O) groups is 1. The third-order valence-corrected chi connectivity index (χ3v) is 6.30. The molecule has 0 saturated carbocycles. The van der Waals surface area contributed by atoms with Gasteiger partial charge in [-0.2, -0.15) is 0 Å². The SMILES string of the molecule is CCOP(=O)(OCC)C(Cc1cnc(NB(C)O)s1)C(=O)OC(C)(C)C. The predicted molar refractivity (Wildman–Crippen MR) is 104 cm³/mol. The Bertz CT molecular complexity index is 624. The predicted octanol–water partition coefficient (Wildman–Crippen LogP) is 3.18. The number of anilines is 1. The van der Waals surface area contributed by atoms with E-state index < -0.39 is 31.9 Å². The Morgan fingerprint density at radius 2 is 1.96 bits per heavy atom. The number of nitrogens with one attached hydrogen (secondary N) is 1. The standard InChI is InChI=1S/C15H28BN2O6PS/c1-7-22-25(21,23-8-2)12(13(19)24-15(3,4)5)9-11-10-17-14(26-11)18-16(6)20/h10,12,20H,7-9H2,1-6H3,(H,17,18).